The van der Waals surface area contributed by atoms with Gasteiger partial charge in [0.15, 0.2) is 0 Å². The van der Waals surface area contributed by atoms with Crippen LogP contribution in [0.25, 0.3) is 0 Å². The van der Waals surface area contributed by atoms with E-state index in [2.05, 4.69) is 0 Å². The lowest BCUT2D eigenvalue weighted by atomic mass is 10.0. The summed E-state index contributed by atoms with van der Waals surface area (Å²) in [6.45, 7) is 1.99. The molecule has 0 aromatic carbocycles. The Bertz CT molecular complexity index is 187. The van der Waals surface area contributed by atoms with E-state index in [0.29, 0.717) is 6.42 Å². The molecule has 0 amide bonds. The molecule has 0 aromatic heterocycles. The van der Waals surface area contributed by atoms with Crippen molar-refractivity contribution in [3.8, 4) is 0 Å². The minimum absolute atomic E-state index is 0.0255. The molecule has 54 valence electrons. The van der Waals surface area contributed by atoms with Crippen molar-refractivity contribution in [1.29, 1.82) is 0 Å². The number of ether oxygens (including phenoxy) is 1. The van der Waals surface area contributed by atoms with Gasteiger partial charge in [-0.2, -0.15) is 0 Å². The molecule has 0 fully saturated rings. The largest absolute Gasteiger partial charge is 0.493 e. The van der Waals surface area contributed by atoms with Gasteiger partial charge in [0.25, 0.3) is 0 Å². The molecule has 0 bridgehead atoms. The van der Waals surface area contributed by atoms with Gasteiger partial charge in [0.05, 0.1) is 11.8 Å². The number of rotatable bonds is 1. The summed E-state index contributed by atoms with van der Waals surface area (Å²) in [7, 11) is 0. The lowest BCUT2D eigenvalue weighted by molar-refractivity contribution is 0.162. The number of hydrogen-bond acceptors (Lipinski definition) is 2. The first-order valence-corrected chi connectivity index (χ1v) is 3.42. The monoisotopic (exact) mass is 138 g/mol. The molecular formula is C8H10O2. The van der Waals surface area contributed by atoms with Gasteiger partial charge in [-0.15, -0.1) is 0 Å². The molecule has 0 saturated heterocycles. The highest BCUT2D eigenvalue weighted by molar-refractivity contribution is 5.55. The standard InChI is InChI=1S/C8H10O2/c1-2-8-7(6-9)4-3-5-10-8/h3,5,8H,2,4H2,1H3. The van der Waals surface area contributed by atoms with Crippen LogP contribution >= 0.6 is 0 Å². The van der Waals surface area contributed by atoms with Gasteiger partial charge < -0.3 is 4.74 Å². The normalized spacial score (nSPS) is 23.7. The van der Waals surface area contributed by atoms with Crippen molar-refractivity contribution in [1.82, 2.24) is 0 Å². The van der Waals surface area contributed by atoms with E-state index in [-0.39, 0.29) is 6.10 Å². The summed E-state index contributed by atoms with van der Waals surface area (Å²) < 4.78 is 5.15. The summed E-state index contributed by atoms with van der Waals surface area (Å²) in [4.78, 5) is 10.3. The Kier molecular flexibility index (Phi) is 2.30. The fourth-order valence-electron chi connectivity index (χ4n) is 0.989. The van der Waals surface area contributed by atoms with E-state index in [9.17, 15) is 4.79 Å². The summed E-state index contributed by atoms with van der Waals surface area (Å²) in [5.41, 5.74) is 0.727. The molecule has 1 unspecified atom stereocenters. The third-order valence-electron chi connectivity index (χ3n) is 1.57. The van der Waals surface area contributed by atoms with Crippen LogP contribution in [0.1, 0.15) is 19.8 Å². The SMILES string of the molecule is CCC1OC=CCC1=C=O. The fraction of sp³-hybridized carbons (Fsp3) is 0.500. The molecule has 1 heterocycles. The van der Waals surface area contributed by atoms with Crippen LogP contribution in [-0.4, -0.2) is 12.0 Å². The molecule has 0 spiro atoms. The van der Waals surface area contributed by atoms with Gasteiger partial charge in [-0.3, -0.25) is 0 Å². The summed E-state index contributed by atoms with van der Waals surface area (Å²) in [6.07, 6.45) is 4.99. The van der Waals surface area contributed by atoms with Crippen LogP contribution in [0, 0.1) is 0 Å². The van der Waals surface area contributed by atoms with E-state index < -0.39 is 0 Å². The number of hydrogen-bond donors (Lipinski definition) is 0. The van der Waals surface area contributed by atoms with Crippen molar-refractivity contribution in [2.45, 2.75) is 25.9 Å². The van der Waals surface area contributed by atoms with Crippen molar-refractivity contribution >= 4 is 5.94 Å². The van der Waals surface area contributed by atoms with E-state index in [4.69, 9.17) is 4.74 Å². The first-order valence-electron chi connectivity index (χ1n) is 3.42. The van der Waals surface area contributed by atoms with Crippen LogP contribution < -0.4 is 0 Å². The zero-order valence-corrected chi connectivity index (χ0v) is 5.96. The summed E-state index contributed by atoms with van der Waals surface area (Å²) in [5.74, 6) is 1.90. The quantitative estimate of drug-likeness (QED) is 0.513. The van der Waals surface area contributed by atoms with Crippen LogP contribution in [0.4, 0.5) is 0 Å². The molecule has 1 aliphatic heterocycles. The zero-order valence-electron chi connectivity index (χ0n) is 5.96. The van der Waals surface area contributed by atoms with Crippen molar-refractivity contribution in [3.63, 3.8) is 0 Å². The smallest absolute Gasteiger partial charge is 0.129 e. The molecule has 1 rings (SSSR count). The van der Waals surface area contributed by atoms with Gasteiger partial charge in [-0.1, -0.05) is 6.92 Å². The van der Waals surface area contributed by atoms with Crippen LogP contribution in [0.15, 0.2) is 17.9 Å². The molecular weight excluding hydrogens is 128 g/mol. The summed E-state index contributed by atoms with van der Waals surface area (Å²) in [6, 6.07) is 0. The van der Waals surface area contributed by atoms with Gasteiger partial charge >= 0.3 is 0 Å². The maximum absolute atomic E-state index is 10.3. The Labute approximate surface area is 60.2 Å². The molecule has 1 atom stereocenters. The molecule has 0 saturated carbocycles. The maximum atomic E-state index is 10.3. The highest BCUT2D eigenvalue weighted by Gasteiger charge is 2.14. The van der Waals surface area contributed by atoms with E-state index in [1.165, 1.54) is 0 Å². The van der Waals surface area contributed by atoms with Crippen molar-refractivity contribution in [3.05, 3.63) is 17.9 Å². The molecule has 10 heavy (non-hydrogen) atoms. The average molecular weight is 138 g/mol. The topological polar surface area (TPSA) is 26.3 Å². The minimum atomic E-state index is -0.0255. The Balaban J connectivity index is 2.72. The van der Waals surface area contributed by atoms with E-state index >= 15 is 0 Å². The third kappa shape index (κ3) is 1.28. The van der Waals surface area contributed by atoms with Crippen molar-refractivity contribution in [2.75, 3.05) is 0 Å². The molecule has 0 aliphatic carbocycles. The highest BCUT2D eigenvalue weighted by Crippen LogP contribution is 2.17. The second kappa shape index (κ2) is 3.23. The van der Waals surface area contributed by atoms with Crippen LogP contribution in [-0.2, 0) is 9.53 Å². The van der Waals surface area contributed by atoms with Crippen LogP contribution in [0.2, 0.25) is 0 Å². The van der Waals surface area contributed by atoms with E-state index in [1.807, 2.05) is 18.9 Å². The van der Waals surface area contributed by atoms with E-state index in [0.717, 1.165) is 12.0 Å². The third-order valence-corrected chi connectivity index (χ3v) is 1.57. The number of allylic oxidation sites excluding steroid dienone is 1. The zero-order chi connectivity index (χ0) is 7.40. The van der Waals surface area contributed by atoms with Crippen molar-refractivity contribution in [2.24, 2.45) is 0 Å². The van der Waals surface area contributed by atoms with Gasteiger partial charge in [0, 0.05) is 6.42 Å². The predicted octanol–water partition coefficient (Wildman–Crippen LogP) is 1.46. The lowest BCUT2D eigenvalue weighted by Gasteiger charge is -2.17. The average Bonchev–Trinajstić information content (AvgIpc) is 2.04. The van der Waals surface area contributed by atoms with Gasteiger partial charge in [-0.25, -0.2) is 4.79 Å². The molecule has 1 aliphatic rings. The van der Waals surface area contributed by atoms with Gasteiger partial charge in [0.1, 0.15) is 12.0 Å². The molecule has 2 heteroatoms. The van der Waals surface area contributed by atoms with E-state index in [1.54, 1.807) is 6.26 Å². The Morgan fingerprint density at radius 1 is 1.90 bits per heavy atom. The first-order chi connectivity index (χ1) is 4.88. The second-order valence-corrected chi connectivity index (χ2v) is 2.24. The van der Waals surface area contributed by atoms with Gasteiger partial charge in [0.2, 0.25) is 0 Å². The molecule has 0 N–H and O–H groups in total. The molecule has 2 nitrogen and oxygen atoms in total. The fourth-order valence-corrected chi connectivity index (χ4v) is 0.989. The minimum Gasteiger partial charge on any atom is -0.493 e. The van der Waals surface area contributed by atoms with Crippen molar-refractivity contribution < 1.29 is 9.53 Å². The second-order valence-electron chi connectivity index (χ2n) is 2.24. The van der Waals surface area contributed by atoms with Gasteiger partial charge in [-0.05, 0) is 12.5 Å². The Hall–Kier alpha value is -1.01. The first kappa shape index (κ1) is 7.10. The van der Waals surface area contributed by atoms with Crippen LogP contribution in [0.5, 0.6) is 0 Å². The summed E-state index contributed by atoms with van der Waals surface area (Å²) >= 11 is 0. The number of carbonyl (C=O) groups excluding carboxylic acids is 1. The maximum Gasteiger partial charge on any atom is 0.129 e. The Morgan fingerprint density at radius 2 is 2.70 bits per heavy atom. The highest BCUT2D eigenvalue weighted by atomic mass is 16.5. The Morgan fingerprint density at radius 3 is 3.20 bits per heavy atom. The predicted molar refractivity (Wildman–Crippen MR) is 38.1 cm³/mol. The molecule has 0 aromatic rings. The van der Waals surface area contributed by atoms with Crippen LogP contribution in [0.3, 0.4) is 0 Å². The summed E-state index contributed by atoms with van der Waals surface area (Å²) in [5, 5.41) is 0. The lowest BCUT2D eigenvalue weighted by Crippen LogP contribution is -2.14. The molecule has 0 radical (unpaired) electrons.